The number of nitrogens with two attached hydrogens (primary N) is 1. The van der Waals surface area contributed by atoms with E-state index in [2.05, 4.69) is 6.92 Å². The molecule has 15 heavy (non-hydrogen) atoms. The summed E-state index contributed by atoms with van der Waals surface area (Å²) in [5.74, 6) is 0.0543. The van der Waals surface area contributed by atoms with E-state index in [1.165, 1.54) is 12.8 Å². The molecular formula is C12H26N2O. The van der Waals surface area contributed by atoms with Gasteiger partial charge in [-0.25, -0.2) is 0 Å². The molecule has 0 fully saturated rings. The summed E-state index contributed by atoms with van der Waals surface area (Å²) in [6, 6.07) is -0.399. The van der Waals surface area contributed by atoms with Gasteiger partial charge in [-0.1, -0.05) is 40.5 Å². The lowest BCUT2D eigenvalue weighted by Crippen LogP contribution is -2.49. The van der Waals surface area contributed by atoms with E-state index in [4.69, 9.17) is 5.73 Å². The Labute approximate surface area is 94.0 Å². The van der Waals surface area contributed by atoms with Crippen LogP contribution in [0, 0.1) is 5.41 Å². The van der Waals surface area contributed by atoms with Gasteiger partial charge in [-0.2, -0.15) is 0 Å². The minimum atomic E-state index is -0.399. The monoisotopic (exact) mass is 214 g/mol. The van der Waals surface area contributed by atoms with Crippen molar-refractivity contribution >= 4 is 5.91 Å². The summed E-state index contributed by atoms with van der Waals surface area (Å²) in [5.41, 5.74) is 5.75. The first-order chi connectivity index (χ1) is 6.80. The number of unbranched alkanes of at least 4 members (excludes halogenated alkanes) is 2. The highest BCUT2D eigenvalue weighted by atomic mass is 16.2. The smallest absolute Gasteiger partial charge is 0.239 e. The molecule has 3 nitrogen and oxygen atoms in total. The standard InChI is InChI=1S/C12H26N2O/c1-6-7-8-9-14(5)11(15)10(13)12(2,3)4/h10H,6-9,13H2,1-5H3. The normalized spacial score (nSPS) is 13.7. The lowest BCUT2D eigenvalue weighted by atomic mass is 9.86. The summed E-state index contributed by atoms with van der Waals surface area (Å²) in [6.45, 7) is 8.96. The Hall–Kier alpha value is -0.570. The third-order valence-corrected chi connectivity index (χ3v) is 2.67. The number of nitrogens with zero attached hydrogens (tertiary/aromatic N) is 1. The molecule has 2 N–H and O–H groups in total. The molecule has 0 aliphatic rings. The molecule has 0 bridgehead atoms. The molecule has 0 aromatic heterocycles. The van der Waals surface area contributed by atoms with Crippen molar-refractivity contribution in [1.29, 1.82) is 0 Å². The van der Waals surface area contributed by atoms with Gasteiger partial charge in [0.15, 0.2) is 0 Å². The van der Waals surface area contributed by atoms with Crippen molar-refractivity contribution < 1.29 is 4.79 Å². The third kappa shape index (κ3) is 5.17. The highest BCUT2D eigenvalue weighted by molar-refractivity contribution is 5.82. The van der Waals surface area contributed by atoms with Crippen LogP contribution in [0.15, 0.2) is 0 Å². The van der Waals surface area contributed by atoms with Crippen molar-refractivity contribution in [1.82, 2.24) is 4.90 Å². The number of hydrogen-bond acceptors (Lipinski definition) is 2. The second-order valence-electron chi connectivity index (χ2n) is 5.31. The molecule has 1 unspecified atom stereocenters. The predicted octanol–water partition coefficient (Wildman–Crippen LogP) is 2.01. The van der Waals surface area contributed by atoms with Gasteiger partial charge in [0.1, 0.15) is 0 Å². The van der Waals surface area contributed by atoms with Crippen molar-refractivity contribution in [3.63, 3.8) is 0 Å². The third-order valence-electron chi connectivity index (χ3n) is 2.67. The van der Waals surface area contributed by atoms with E-state index in [9.17, 15) is 4.79 Å². The molecule has 1 atom stereocenters. The molecule has 0 saturated heterocycles. The molecule has 0 spiro atoms. The number of carbonyl (C=O) groups is 1. The molecule has 90 valence electrons. The molecule has 1 amide bonds. The Morgan fingerprint density at radius 3 is 2.27 bits per heavy atom. The number of carbonyl (C=O) groups excluding carboxylic acids is 1. The average Bonchev–Trinajstić information content (AvgIpc) is 2.14. The quantitative estimate of drug-likeness (QED) is 0.712. The van der Waals surface area contributed by atoms with E-state index in [0.29, 0.717) is 0 Å². The van der Waals surface area contributed by atoms with Gasteiger partial charge in [-0.3, -0.25) is 4.79 Å². The van der Waals surface area contributed by atoms with E-state index in [1.807, 2.05) is 27.8 Å². The van der Waals surface area contributed by atoms with Crippen molar-refractivity contribution in [2.24, 2.45) is 11.1 Å². The zero-order valence-electron chi connectivity index (χ0n) is 10.8. The minimum absolute atomic E-state index is 0.0543. The van der Waals surface area contributed by atoms with E-state index in [-0.39, 0.29) is 11.3 Å². The Morgan fingerprint density at radius 1 is 1.33 bits per heavy atom. The molecule has 0 aromatic carbocycles. The van der Waals surface area contributed by atoms with Crippen LogP contribution in [0.4, 0.5) is 0 Å². The van der Waals surface area contributed by atoms with Crippen molar-refractivity contribution in [2.75, 3.05) is 13.6 Å². The molecule has 0 aromatic rings. The van der Waals surface area contributed by atoms with Crippen LogP contribution in [0.2, 0.25) is 0 Å². The van der Waals surface area contributed by atoms with Crippen molar-refractivity contribution in [3.05, 3.63) is 0 Å². The number of amides is 1. The van der Waals surface area contributed by atoms with Crippen molar-refractivity contribution in [2.45, 2.75) is 53.0 Å². The van der Waals surface area contributed by atoms with Crippen LogP contribution in [0.1, 0.15) is 47.0 Å². The topological polar surface area (TPSA) is 46.3 Å². The van der Waals surface area contributed by atoms with Gasteiger partial charge in [-0.15, -0.1) is 0 Å². The molecule has 0 heterocycles. The predicted molar refractivity (Wildman–Crippen MR) is 64.6 cm³/mol. The molecule has 0 rings (SSSR count). The summed E-state index contributed by atoms with van der Waals surface area (Å²) < 4.78 is 0. The van der Waals surface area contributed by atoms with Crippen LogP contribution in [0.3, 0.4) is 0 Å². The summed E-state index contributed by atoms with van der Waals surface area (Å²) >= 11 is 0. The van der Waals surface area contributed by atoms with Gasteiger partial charge < -0.3 is 10.6 Å². The van der Waals surface area contributed by atoms with E-state index in [0.717, 1.165) is 13.0 Å². The van der Waals surface area contributed by atoms with Crippen LogP contribution in [-0.2, 0) is 4.79 Å². The Kier molecular flexibility index (Phi) is 5.88. The highest BCUT2D eigenvalue weighted by Crippen LogP contribution is 2.18. The molecule has 0 saturated carbocycles. The second kappa shape index (κ2) is 6.11. The zero-order chi connectivity index (χ0) is 12.1. The number of rotatable bonds is 5. The van der Waals surface area contributed by atoms with Gasteiger partial charge >= 0.3 is 0 Å². The lowest BCUT2D eigenvalue weighted by molar-refractivity contribution is -0.133. The minimum Gasteiger partial charge on any atom is -0.344 e. The molecule has 3 heteroatoms. The fourth-order valence-electron chi connectivity index (χ4n) is 1.32. The SMILES string of the molecule is CCCCCN(C)C(=O)C(N)C(C)(C)C. The fourth-order valence-corrected chi connectivity index (χ4v) is 1.32. The van der Waals surface area contributed by atoms with Crippen LogP contribution in [0.25, 0.3) is 0 Å². The maximum Gasteiger partial charge on any atom is 0.239 e. The summed E-state index contributed by atoms with van der Waals surface area (Å²) in [7, 11) is 1.84. The first-order valence-electron chi connectivity index (χ1n) is 5.81. The number of hydrogen-bond donors (Lipinski definition) is 1. The van der Waals surface area contributed by atoms with Gasteiger partial charge in [0.05, 0.1) is 6.04 Å². The van der Waals surface area contributed by atoms with Gasteiger partial charge in [-0.05, 0) is 11.8 Å². The Bertz CT molecular complexity index is 196. The molecule has 0 aliphatic heterocycles. The van der Waals surface area contributed by atoms with E-state index in [1.54, 1.807) is 4.90 Å². The van der Waals surface area contributed by atoms with E-state index < -0.39 is 6.04 Å². The maximum atomic E-state index is 11.9. The zero-order valence-corrected chi connectivity index (χ0v) is 10.8. The first kappa shape index (κ1) is 14.4. The molecule has 0 radical (unpaired) electrons. The Balaban J connectivity index is 4.09. The van der Waals surface area contributed by atoms with Crippen LogP contribution in [0.5, 0.6) is 0 Å². The highest BCUT2D eigenvalue weighted by Gasteiger charge is 2.29. The van der Waals surface area contributed by atoms with Gasteiger partial charge in [0.25, 0.3) is 0 Å². The van der Waals surface area contributed by atoms with Crippen LogP contribution >= 0.6 is 0 Å². The van der Waals surface area contributed by atoms with E-state index >= 15 is 0 Å². The molecular weight excluding hydrogens is 188 g/mol. The molecule has 0 aliphatic carbocycles. The second-order valence-corrected chi connectivity index (χ2v) is 5.31. The lowest BCUT2D eigenvalue weighted by Gasteiger charge is -2.30. The summed E-state index contributed by atoms with van der Waals surface area (Å²) in [5, 5.41) is 0. The van der Waals surface area contributed by atoms with Gasteiger partial charge in [0.2, 0.25) is 5.91 Å². The van der Waals surface area contributed by atoms with Crippen LogP contribution < -0.4 is 5.73 Å². The largest absolute Gasteiger partial charge is 0.344 e. The van der Waals surface area contributed by atoms with Gasteiger partial charge in [0, 0.05) is 13.6 Å². The number of likely N-dealkylation sites (N-methyl/N-ethyl adjacent to an activating group) is 1. The fraction of sp³-hybridized carbons (Fsp3) is 0.917. The van der Waals surface area contributed by atoms with Crippen molar-refractivity contribution in [3.8, 4) is 0 Å². The first-order valence-corrected chi connectivity index (χ1v) is 5.81. The van der Waals surface area contributed by atoms with Crippen LogP contribution in [-0.4, -0.2) is 30.4 Å². The maximum absolute atomic E-state index is 11.9. The summed E-state index contributed by atoms with van der Waals surface area (Å²) in [6.07, 6.45) is 3.41. The average molecular weight is 214 g/mol. The Morgan fingerprint density at radius 2 is 1.87 bits per heavy atom. The summed E-state index contributed by atoms with van der Waals surface area (Å²) in [4.78, 5) is 13.6.